The Morgan fingerprint density at radius 3 is 2.36 bits per heavy atom. The molecule has 0 fully saturated rings. The standard InChI is InChI=1S/C9H14N2O2S/c1-6-4-5-8(10)7(2)9(6)11-14(3,12)13/h4-5,11H,10H2,1-3H3. The smallest absolute Gasteiger partial charge is 0.229 e. The Balaban J connectivity index is 3.27. The van der Waals surface area contributed by atoms with Gasteiger partial charge in [-0.15, -0.1) is 0 Å². The van der Waals surface area contributed by atoms with E-state index in [1.807, 2.05) is 6.92 Å². The molecule has 78 valence electrons. The van der Waals surface area contributed by atoms with Crippen LogP contribution < -0.4 is 10.5 Å². The SMILES string of the molecule is Cc1ccc(N)c(C)c1NS(C)(=O)=O. The van der Waals surface area contributed by atoms with Crippen LogP contribution in [0.25, 0.3) is 0 Å². The number of sulfonamides is 1. The van der Waals surface area contributed by atoms with E-state index in [9.17, 15) is 8.42 Å². The van der Waals surface area contributed by atoms with E-state index in [0.29, 0.717) is 11.4 Å². The average molecular weight is 214 g/mol. The van der Waals surface area contributed by atoms with Crippen molar-refractivity contribution in [1.82, 2.24) is 0 Å². The van der Waals surface area contributed by atoms with Crippen molar-refractivity contribution in [3.05, 3.63) is 23.3 Å². The molecule has 0 aromatic heterocycles. The molecule has 1 aromatic rings. The zero-order valence-electron chi connectivity index (χ0n) is 8.46. The first-order valence-electron chi connectivity index (χ1n) is 4.15. The van der Waals surface area contributed by atoms with Crippen LogP contribution in [0.5, 0.6) is 0 Å². The van der Waals surface area contributed by atoms with Crippen LogP contribution in [0.15, 0.2) is 12.1 Å². The minimum Gasteiger partial charge on any atom is -0.398 e. The van der Waals surface area contributed by atoms with Crippen LogP contribution >= 0.6 is 0 Å². The number of nitrogens with two attached hydrogens (primary N) is 1. The molecule has 0 amide bonds. The average Bonchev–Trinajstić information content (AvgIpc) is 2.04. The molecule has 0 aliphatic heterocycles. The molecular weight excluding hydrogens is 200 g/mol. The second-order valence-electron chi connectivity index (χ2n) is 3.35. The number of hydrogen-bond donors (Lipinski definition) is 2. The molecule has 1 rings (SSSR count). The third-order valence-corrected chi connectivity index (χ3v) is 2.58. The van der Waals surface area contributed by atoms with Gasteiger partial charge in [0.1, 0.15) is 0 Å². The zero-order chi connectivity index (χ0) is 10.9. The Labute approximate surface area is 84.2 Å². The van der Waals surface area contributed by atoms with E-state index in [1.54, 1.807) is 19.1 Å². The summed E-state index contributed by atoms with van der Waals surface area (Å²) in [4.78, 5) is 0. The summed E-state index contributed by atoms with van der Waals surface area (Å²) in [6, 6.07) is 3.55. The number of hydrogen-bond acceptors (Lipinski definition) is 3. The van der Waals surface area contributed by atoms with Gasteiger partial charge in [0.2, 0.25) is 10.0 Å². The Hall–Kier alpha value is -1.23. The first-order valence-corrected chi connectivity index (χ1v) is 6.04. The van der Waals surface area contributed by atoms with Gasteiger partial charge in [-0.1, -0.05) is 6.07 Å². The number of aryl methyl sites for hydroxylation is 1. The van der Waals surface area contributed by atoms with Gasteiger partial charge in [0.25, 0.3) is 0 Å². The van der Waals surface area contributed by atoms with Crippen LogP contribution in [0.1, 0.15) is 11.1 Å². The molecule has 5 heteroatoms. The van der Waals surface area contributed by atoms with E-state index in [-0.39, 0.29) is 0 Å². The first kappa shape index (κ1) is 10.8. The van der Waals surface area contributed by atoms with Gasteiger partial charge in [0.15, 0.2) is 0 Å². The molecule has 0 unspecified atom stereocenters. The monoisotopic (exact) mass is 214 g/mol. The second kappa shape index (κ2) is 3.49. The van der Waals surface area contributed by atoms with Crippen molar-refractivity contribution in [2.24, 2.45) is 0 Å². The van der Waals surface area contributed by atoms with Gasteiger partial charge in [-0.05, 0) is 31.0 Å². The van der Waals surface area contributed by atoms with Crippen molar-refractivity contribution in [2.45, 2.75) is 13.8 Å². The number of rotatable bonds is 2. The Morgan fingerprint density at radius 1 is 1.29 bits per heavy atom. The van der Waals surface area contributed by atoms with Crippen molar-refractivity contribution in [3.8, 4) is 0 Å². The van der Waals surface area contributed by atoms with Crippen molar-refractivity contribution >= 4 is 21.4 Å². The lowest BCUT2D eigenvalue weighted by Gasteiger charge is -2.12. The topological polar surface area (TPSA) is 72.2 Å². The van der Waals surface area contributed by atoms with E-state index < -0.39 is 10.0 Å². The fourth-order valence-corrected chi connectivity index (χ4v) is 1.89. The minimum atomic E-state index is -3.24. The van der Waals surface area contributed by atoms with Gasteiger partial charge >= 0.3 is 0 Å². The summed E-state index contributed by atoms with van der Waals surface area (Å²) in [6.45, 7) is 3.62. The van der Waals surface area contributed by atoms with Crippen LogP contribution in [-0.2, 0) is 10.0 Å². The van der Waals surface area contributed by atoms with Crippen molar-refractivity contribution in [3.63, 3.8) is 0 Å². The first-order chi connectivity index (χ1) is 6.31. The number of nitrogens with one attached hydrogen (secondary N) is 1. The quantitative estimate of drug-likeness (QED) is 0.728. The summed E-state index contributed by atoms with van der Waals surface area (Å²) in [5.41, 5.74) is 8.46. The molecule has 1 aromatic carbocycles. The summed E-state index contributed by atoms with van der Waals surface area (Å²) >= 11 is 0. The maximum Gasteiger partial charge on any atom is 0.229 e. The molecule has 0 radical (unpaired) electrons. The lowest BCUT2D eigenvalue weighted by Crippen LogP contribution is -2.12. The molecule has 0 saturated carbocycles. The van der Waals surface area contributed by atoms with Gasteiger partial charge in [0.05, 0.1) is 11.9 Å². The van der Waals surface area contributed by atoms with Crippen molar-refractivity contribution in [1.29, 1.82) is 0 Å². The molecule has 0 aliphatic rings. The molecule has 0 spiro atoms. The van der Waals surface area contributed by atoms with Crippen LogP contribution in [0.4, 0.5) is 11.4 Å². The van der Waals surface area contributed by atoms with E-state index in [4.69, 9.17) is 5.73 Å². The fraction of sp³-hybridized carbons (Fsp3) is 0.333. The lowest BCUT2D eigenvalue weighted by molar-refractivity contribution is 0.606. The maximum absolute atomic E-state index is 11.1. The van der Waals surface area contributed by atoms with Gasteiger partial charge in [-0.25, -0.2) is 8.42 Å². The Bertz CT molecular complexity index is 452. The summed E-state index contributed by atoms with van der Waals surface area (Å²) < 4.78 is 24.6. The molecule has 0 aliphatic carbocycles. The summed E-state index contributed by atoms with van der Waals surface area (Å²) in [7, 11) is -3.24. The molecular formula is C9H14N2O2S. The molecule has 0 saturated heterocycles. The molecule has 0 atom stereocenters. The van der Waals surface area contributed by atoms with Gasteiger partial charge < -0.3 is 5.73 Å². The van der Waals surface area contributed by atoms with E-state index >= 15 is 0 Å². The Kier molecular flexibility index (Phi) is 2.71. The highest BCUT2D eigenvalue weighted by molar-refractivity contribution is 7.92. The Morgan fingerprint density at radius 2 is 1.86 bits per heavy atom. The predicted octanol–water partition coefficient (Wildman–Crippen LogP) is 1.26. The third-order valence-electron chi connectivity index (χ3n) is 2.00. The van der Waals surface area contributed by atoms with Crippen LogP contribution in [0.2, 0.25) is 0 Å². The highest BCUT2D eigenvalue weighted by Crippen LogP contribution is 2.25. The van der Waals surface area contributed by atoms with Crippen molar-refractivity contribution in [2.75, 3.05) is 16.7 Å². The van der Waals surface area contributed by atoms with Crippen LogP contribution in [0.3, 0.4) is 0 Å². The number of nitrogen functional groups attached to an aromatic ring is 1. The highest BCUT2D eigenvalue weighted by Gasteiger charge is 2.09. The van der Waals surface area contributed by atoms with E-state index in [2.05, 4.69) is 4.72 Å². The summed E-state index contributed by atoms with van der Waals surface area (Å²) in [6.07, 6.45) is 1.12. The number of benzene rings is 1. The van der Waals surface area contributed by atoms with E-state index in [1.165, 1.54) is 0 Å². The van der Waals surface area contributed by atoms with E-state index in [0.717, 1.165) is 17.4 Å². The van der Waals surface area contributed by atoms with Gasteiger partial charge in [-0.3, -0.25) is 4.72 Å². The molecule has 0 bridgehead atoms. The number of anilines is 2. The molecule has 3 N–H and O–H groups in total. The normalized spacial score (nSPS) is 11.4. The molecule has 0 heterocycles. The predicted molar refractivity (Wildman–Crippen MR) is 58.8 cm³/mol. The highest BCUT2D eigenvalue weighted by atomic mass is 32.2. The van der Waals surface area contributed by atoms with Gasteiger partial charge in [0, 0.05) is 5.69 Å². The van der Waals surface area contributed by atoms with Crippen molar-refractivity contribution < 1.29 is 8.42 Å². The molecule has 14 heavy (non-hydrogen) atoms. The largest absolute Gasteiger partial charge is 0.398 e. The maximum atomic E-state index is 11.1. The van der Waals surface area contributed by atoms with Gasteiger partial charge in [-0.2, -0.15) is 0 Å². The zero-order valence-corrected chi connectivity index (χ0v) is 9.27. The third kappa shape index (κ3) is 2.38. The minimum absolute atomic E-state index is 0.576. The summed E-state index contributed by atoms with van der Waals surface area (Å²) in [5.74, 6) is 0. The van der Waals surface area contributed by atoms with Crippen LogP contribution in [-0.4, -0.2) is 14.7 Å². The summed E-state index contributed by atoms with van der Waals surface area (Å²) in [5, 5.41) is 0. The lowest BCUT2D eigenvalue weighted by atomic mass is 10.1. The second-order valence-corrected chi connectivity index (χ2v) is 5.09. The van der Waals surface area contributed by atoms with Crippen LogP contribution in [0, 0.1) is 13.8 Å². The fourth-order valence-electron chi connectivity index (χ4n) is 1.21. The molecule has 4 nitrogen and oxygen atoms in total.